The first kappa shape index (κ1) is 19.4. The van der Waals surface area contributed by atoms with Crippen molar-refractivity contribution in [2.75, 3.05) is 13.2 Å². The quantitative estimate of drug-likeness (QED) is 0.422. The summed E-state index contributed by atoms with van der Waals surface area (Å²) in [6.45, 7) is 3.03. The third-order valence-electron chi connectivity index (χ3n) is 5.12. The second kappa shape index (κ2) is 8.28. The normalized spacial score (nSPS) is 13.6. The topological polar surface area (TPSA) is 61.3 Å². The first-order valence-electron chi connectivity index (χ1n) is 10.1. The minimum absolute atomic E-state index is 0.330. The molecule has 7 heteroatoms. The predicted molar refractivity (Wildman–Crippen MR) is 121 cm³/mol. The SMILES string of the molecule is C[C@@H](Oc1ccc(-c2ccccc2)cc1)c1n[nH]c(=S)n1-c1ccc2c(c1)OCCO2. The average Bonchev–Trinajstić information content (AvgIpc) is 3.21. The molecular weight excluding hydrogens is 410 g/mol. The van der Waals surface area contributed by atoms with Crippen molar-refractivity contribution in [3.8, 4) is 34.1 Å². The highest BCUT2D eigenvalue weighted by molar-refractivity contribution is 7.71. The number of hydrogen-bond acceptors (Lipinski definition) is 5. The van der Waals surface area contributed by atoms with Gasteiger partial charge in [0.05, 0.1) is 5.69 Å². The van der Waals surface area contributed by atoms with Crippen molar-refractivity contribution in [1.29, 1.82) is 0 Å². The van der Waals surface area contributed by atoms with Gasteiger partial charge in [-0.3, -0.25) is 9.67 Å². The Morgan fingerprint density at radius 1 is 0.935 bits per heavy atom. The second-order valence-electron chi connectivity index (χ2n) is 7.20. The molecule has 1 aromatic heterocycles. The van der Waals surface area contributed by atoms with Crippen LogP contribution in [-0.4, -0.2) is 28.0 Å². The van der Waals surface area contributed by atoms with E-state index in [0.717, 1.165) is 22.7 Å². The van der Waals surface area contributed by atoms with E-state index >= 15 is 0 Å². The molecule has 2 heterocycles. The highest BCUT2D eigenvalue weighted by Crippen LogP contribution is 2.33. The molecule has 1 N–H and O–H groups in total. The molecule has 0 saturated heterocycles. The zero-order chi connectivity index (χ0) is 21.2. The van der Waals surface area contributed by atoms with E-state index in [0.29, 0.717) is 29.6 Å². The van der Waals surface area contributed by atoms with Crippen LogP contribution in [0.1, 0.15) is 18.9 Å². The van der Waals surface area contributed by atoms with Gasteiger partial charge >= 0.3 is 0 Å². The van der Waals surface area contributed by atoms with E-state index in [2.05, 4.69) is 34.5 Å². The summed E-state index contributed by atoms with van der Waals surface area (Å²) >= 11 is 5.48. The number of rotatable bonds is 5. The van der Waals surface area contributed by atoms with Gasteiger partial charge in [0.2, 0.25) is 0 Å². The zero-order valence-corrected chi connectivity index (χ0v) is 17.8. The molecule has 0 aliphatic carbocycles. The van der Waals surface area contributed by atoms with E-state index < -0.39 is 0 Å². The molecular formula is C24H21N3O3S. The van der Waals surface area contributed by atoms with E-state index in [1.165, 1.54) is 5.56 Å². The smallest absolute Gasteiger partial charge is 0.199 e. The Labute approximate surface area is 185 Å². The zero-order valence-electron chi connectivity index (χ0n) is 16.9. The third kappa shape index (κ3) is 3.92. The van der Waals surface area contributed by atoms with Gasteiger partial charge < -0.3 is 14.2 Å². The molecule has 0 unspecified atom stereocenters. The first-order chi connectivity index (χ1) is 15.2. The molecule has 6 nitrogen and oxygen atoms in total. The van der Waals surface area contributed by atoms with Gasteiger partial charge in [0.15, 0.2) is 28.2 Å². The number of nitrogens with one attached hydrogen (secondary N) is 1. The van der Waals surface area contributed by atoms with Crippen LogP contribution in [0.5, 0.6) is 17.2 Å². The Balaban J connectivity index is 1.40. The Morgan fingerprint density at radius 3 is 2.42 bits per heavy atom. The number of aromatic amines is 1. The van der Waals surface area contributed by atoms with E-state index in [-0.39, 0.29) is 6.10 Å². The van der Waals surface area contributed by atoms with Crippen LogP contribution in [0.15, 0.2) is 72.8 Å². The van der Waals surface area contributed by atoms with E-state index in [4.69, 9.17) is 26.4 Å². The van der Waals surface area contributed by atoms with Crippen molar-refractivity contribution in [3.05, 3.63) is 83.4 Å². The molecule has 3 aromatic carbocycles. The number of aromatic nitrogens is 3. The first-order valence-corrected chi connectivity index (χ1v) is 10.5. The largest absolute Gasteiger partial charge is 0.486 e. The molecule has 31 heavy (non-hydrogen) atoms. The fourth-order valence-electron chi connectivity index (χ4n) is 3.62. The van der Waals surface area contributed by atoms with Crippen LogP contribution >= 0.6 is 12.2 Å². The molecule has 1 aliphatic heterocycles. The molecule has 4 aromatic rings. The molecule has 0 bridgehead atoms. The van der Waals surface area contributed by atoms with Gasteiger partial charge in [0.1, 0.15) is 19.0 Å². The summed E-state index contributed by atoms with van der Waals surface area (Å²) in [6, 6.07) is 24.0. The lowest BCUT2D eigenvalue weighted by Gasteiger charge is -2.20. The number of hydrogen-bond donors (Lipinski definition) is 1. The Hall–Kier alpha value is -3.58. The summed E-state index contributed by atoms with van der Waals surface area (Å²) in [6.07, 6.45) is -0.330. The third-order valence-corrected chi connectivity index (χ3v) is 5.39. The summed E-state index contributed by atoms with van der Waals surface area (Å²) < 4.78 is 19.8. The van der Waals surface area contributed by atoms with E-state index in [9.17, 15) is 0 Å². The van der Waals surface area contributed by atoms with Crippen LogP contribution in [0, 0.1) is 4.77 Å². The molecule has 5 rings (SSSR count). The van der Waals surface area contributed by atoms with Crippen molar-refractivity contribution in [3.63, 3.8) is 0 Å². The van der Waals surface area contributed by atoms with Gasteiger partial charge in [0, 0.05) is 6.07 Å². The van der Waals surface area contributed by atoms with E-state index in [1.807, 2.05) is 60.0 Å². The fourth-order valence-corrected chi connectivity index (χ4v) is 3.86. The van der Waals surface area contributed by atoms with Crippen molar-refractivity contribution >= 4 is 12.2 Å². The van der Waals surface area contributed by atoms with Gasteiger partial charge in [-0.1, -0.05) is 42.5 Å². The Morgan fingerprint density at radius 2 is 1.65 bits per heavy atom. The van der Waals surface area contributed by atoms with Gasteiger partial charge in [-0.05, 0) is 54.5 Å². The minimum Gasteiger partial charge on any atom is -0.486 e. The molecule has 0 spiro atoms. The number of ether oxygens (including phenoxy) is 3. The summed E-state index contributed by atoms with van der Waals surface area (Å²) in [5.41, 5.74) is 3.15. The maximum atomic E-state index is 6.17. The predicted octanol–water partition coefficient (Wildman–Crippen LogP) is 5.51. The lowest BCUT2D eigenvalue weighted by molar-refractivity contribution is 0.171. The van der Waals surface area contributed by atoms with Gasteiger partial charge in [-0.15, -0.1) is 0 Å². The Bertz CT molecular complexity index is 1250. The van der Waals surface area contributed by atoms with Crippen molar-refractivity contribution < 1.29 is 14.2 Å². The van der Waals surface area contributed by atoms with Crippen LogP contribution in [0.25, 0.3) is 16.8 Å². The summed E-state index contributed by atoms with van der Waals surface area (Å²) in [7, 11) is 0. The highest BCUT2D eigenvalue weighted by atomic mass is 32.1. The van der Waals surface area contributed by atoms with Crippen LogP contribution in [0.4, 0.5) is 0 Å². The molecule has 0 saturated carbocycles. The number of fused-ring (bicyclic) bond motifs is 1. The molecule has 1 atom stereocenters. The van der Waals surface area contributed by atoms with Gasteiger partial charge in [-0.2, -0.15) is 5.10 Å². The van der Waals surface area contributed by atoms with Gasteiger partial charge in [0.25, 0.3) is 0 Å². The molecule has 0 radical (unpaired) electrons. The van der Waals surface area contributed by atoms with Crippen molar-refractivity contribution in [2.45, 2.75) is 13.0 Å². The number of benzene rings is 3. The van der Waals surface area contributed by atoms with Crippen molar-refractivity contribution in [2.24, 2.45) is 0 Å². The molecule has 156 valence electrons. The fraction of sp³-hybridized carbons (Fsp3) is 0.167. The van der Waals surface area contributed by atoms with Crippen molar-refractivity contribution in [1.82, 2.24) is 14.8 Å². The summed E-state index contributed by atoms with van der Waals surface area (Å²) in [5.74, 6) is 2.86. The highest BCUT2D eigenvalue weighted by Gasteiger charge is 2.19. The second-order valence-corrected chi connectivity index (χ2v) is 7.59. The Kier molecular flexibility index (Phi) is 5.18. The van der Waals surface area contributed by atoms with Crippen LogP contribution < -0.4 is 14.2 Å². The standard InChI is InChI=1S/C24H21N3O3S/c1-16(30-20-10-7-18(8-11-20)17-5-3-2-4-6-17)23-25-26-24(31)27(23)19-9-12-21-22(15-19)29-14-13-28-21/h2-12,15-16H,13-14H2,1H3,(H,26,31)/t16-/m1/s1. The average molecular weight is 432 g/mol. The van der Waals surface area contributed by atoms with Crippen LogP contribution in [0.2, 0.25) is 0 Å². The lowest BCUT2D eigenvalue weighted by atomic mass is 10.1. The van der Waals surface area contributed by atoms with Crippen LogP contribution in [0.3, 0.4) is 0 Å². The van der Waals surface area contributed by atoms with Crippen LogP contribution in [-0.2, 0) is 0 Å². The maximum absolute atomic E-state index is 6.17. The number of nitrogens with zero attached hydrogens (tertiary/aromatic N) is 2. The maximum Gasteiger partial charge on any atom is 0.199 e. The minimum atomic E-state index is -0.330. The molecule has 0 amide bonds. The lowest BCUT2D eigenvalue weighted by Crippen LogP contribution is -2.16. The monoisotopic (exact) mass is 431 g/mol. The number of H-pyrrole nitrogens is 1. The molecule has 0 fully saturated rings. The summed E-state index contributed by atoms with van der Waals surface area (Å²) in [5, 5.41) is 7.29. The molecule has 1 aliphatic rings. The summed E-state index contributed by atoms with van der Waals surface area (Å²) in [4.78, 5) is 0. The van der Waals surface area contributed by atoms with E-state index in [1.54, 1.807) is 0 Å². The van der Waals surface area contributed by atoms with Gasteiger partial charge in [-0.25, -0.2) is 0 Å².